The molecule has 3 aromatic rings. The molecule has 2 aromatic heterocycles. The molecule has 0 aliphatic carbocycles. The largest absolute Gasteiger partial charge is 0.347 e. The smallest absolute Gasteiger partial charge is 0.237 e. The molecule has 27 heavy (non-hydrogen) atoms. The molecule has 0 bridgehead atoms. The predicted octanol–water partition coefficient (Wildman–Crippen LogP) is 1.79. The van der Waals surface area contributed by atoms with Gasteiger partial charge in [-0.05, 0) is 18.4 Å². The number of aromatic amines is 1. The minimum absolute atomic E-state index is 0. The van der Waals surface area contributed by atoms with Crippen LogP contribution in [0.25, 0.3) is 11.5 Å². The van der Waals surface area contributed by atoms with Crippen molar-refractivity contribution in [3.8, 4) is 11.5 Å². The Labute approximate surface area is 162 Å². The second-order valence-electron chi connectivity index (χ2n) is 6.17. The van der Waals surface area contributed by atoms with Gasteiger partial charge in [0.2, 0.25) is 11.7 Å². The topological polar surface area (TPSA) is 108 Å². The van der Waals surface area contributed by atoms with Gasteiger partial charge in [0.05, 0.1) is 18.8 Å². The van der Waals surface area contributed by atoms with Crippen molar-refractivity contribution in [2.24, 2.45) is 0 Å². The third kappa shape index (κ3) is 4.47. The number of nitrogens with zero attached hydrogens (tertiary/aromatic N) is 4. The van der Waals surface area contributed by atoms with Gasteiger partial charge in [-0.3, -0.25) is 20.2 Å². The lowest BCUT2D eigenvalue weighted by atomic mass is 10.1. The first kappa shape index (κ1) is 18.9. The Morgan fingerprint density at radius 3 is 2.81 bits per heavy atom. The highest BCUT2D eigenvalue weighted by Crippen LogP contribution is 2.26. The Kier molecular flexibility index (Phi) is 6.10. The summed E-state index contributed by atoms with van der Waals surface area (Å²) in [6, 6.07) is 10.2. The second-order valence-corrected chi connectivity index (χ2v) is 6.17. The van der Waals surface area contributed by atoms with E-state index in [1.54, 1.807) is 18.6 Å². The number of rotatable bonds is 5. The molecule has 1 amide bonds. The van der Waals surface area contributed by atoms with Crippen LogP contribution in [0.4, 0.5) is 0 Å². The first-order valence-electron chi connectivity index (χ1n) is 8.56. The summed E-state index contributed by atoms with van der Waals surface area (Å²) in [5.41, 5.74) is 1.80. The number of nitrogens with one attached hydrogen (secondary N) is 3. The van der Waals surface area contributed by atoms with E-state index in [2.05, 4.69) is 47.9 Å². The average Bonchev–Trinajstić information content (AvgIpc) is 3.37. The number of hydrogen-bond donors (Lipinski definition) is 3. The Balaban J connectivity index is 0.00000210. The van der Waals surface area contributed by atoms with Gasteiger partial charge in [-0.1, -0.05) is 30.3 Å². The van der Waals surface area contributed by atoms with Crippen molar-refractivity contribution in [2.75, 3.05) is 0 Å². The molecule has 0 spiro atoms. The number of amides is 1. The Bertz CT molecular complexity index is 872. The van der Waals surface area contributed by atoms with Gasteiger partial charge in [-0.2, -0.15) is 5.10 Å². The first-order valence-corrected chi connectivity index (χ1v) is 8.56. The van der Waals surface area contributed by atoms with Gasteiger partial charge in [-0.25, -0.2) is 9.97 Å². The van der Waals surface area contributed by atoms with Crippen molar-refractivity contribution >= 4 is 18.3 Å². The van der Waals surface area contributed by atoms with Crippen LogP contribution in [-0.4, -0.2) is 37.1 Å². The zero-order valence-corrected chi connectivity index (χ0v) is 15.3. The summed E-state index contributed by atoms with van der Waals surface area (Å²) in [6.07, 6.45) is 6.53. The molecule has 0 unspecified atom stereocenters. The molecule has 1 aromatic carbocycles. The van der Waals surface area contributed by atoms with Gasteiger partial charge in [-0.15, -0.1) is 12.4 Å². The molecule has 1 saturated heterocycles. The van der Waals surface area contributed by atoms with E-state index in [1.165, 1.54) is 5.56 Å². The summed E-state index contributed by atoms with van der Waals surface area (Å²) in [5, 5.41) is 13.2. The van der Waals surface area contributed by atoms with Crippen molar-refractivity contribution in [1.82, 2.24) is 35.8 Å². The lowest BCUT2D eigenvalue weighted by molar-refractivity contribution is -0.123. The molecular weight excluding hydrogens is 366 g/mol. The standard InChI is InChI=1S/C18H19N7O.ClH/c26-18(14-7-6-13(22-14)12-4-2-1-3-5-12)21-11-16-23-17(25-24-16)15-10-19-8-9-20-15;/h1-5,8-10,13-14,22H,6-7,11H2,(H,21,26)(H,23,24,25);1H/t13-,14-;/m1./s1. The third-order valence-electron chi connectivity index (χ3n) is 4.42. The normalized spacial score (nSPS) is 18.7. The fourth-order valence-electron chi connectivity index (χ4n) is 3.10. The van der Waals surface area contributed by atoms with Crippen molar-refractivity contribution in [2.45, 2.75) is 31.5 Å². The van der Waals surface area contributed by atoms with Crippen LogP contribution >= 0.6 is 12.4 Å². The fourth-order valence-corrected chi connectivity index (χ4v) is 3.10. The molecule has 1 fully saturated rings. The van der Waals surface area contributed by atoms with Gasteiger partial charge in [0.25, 0.3) is 0 Å². The molecule has 1 aliphatic rings. The van der Waals surface area contributed by atoms with Crippen molar-refractivity contribution < 1.29 is 4.79 Å². The van der Waals surface area contributed by atoms with Gasteiger partial charge in [0.1, 0.15) is 11.5 Å². The molecule has 4 rings (SSSR count). The molecular formula is C18H20ClN7O. The van der Waals surface area contributed by atoms with Gasteiger partial charge in [0.15, 0.2) is 0 Å². The van der Waals surface area contributed by atoms with Crippen molar-refractivity contribution in [1.29, 1.82) is 0 Å². The summed E-state index contributed by atoms with van der Waals surface area (Å²) in [4.78, 5) is 24.9. The summed E-state index contributed by atoms with van der Waals surface area (Å²) < 4.78 is 0. The summed E-state index contributed by atoms with van der Waals surface area (Å²) >= 11 is 0. The molecule has 1 aliphatic heterocycles. The monoisotopic (exact) mass is 385 g/mol. The number of halogens is 1. The maximum atomic E-state index is 12.4. The van der Waals surface area contributed by atoms with Crippen LogP contribution < -0.4 is 10.6 Å². The van der Waals surface area contributed by atoms with E-state index in [9.17, 15) is 4.79 Å². The molecule has 9 heteroatoms. The second kappa shape index (κ2) is 8.70. The van der Waals surface area contributed by atoms with Crippen LogP contribution in [-0.2, 0) is 11.3 Å². The number of H-pyrrole nitrogens is 1. The molecule has 0 radical (unpaired) electrons. The average molecular weight is 386 g/mol. The van der Waals surface area contributed by atoms with Gasteiger partial charge in [0, 0.05) is 18.4 Å². The van der Waals surface area contributed by atoms with E-state index < -0.39 is 0 Å². The Hall–Kier alpha value is -2.84. The first-order chi connectivity index (χ1) is 12.8. The molecule has 0 saturated carbocycles. The maximum absolute atomic E-state index is 12.4. The van der Waals surface area contributed by atoms with Crippen LogP contribution in [0.5, 0.6) is 0 Å². The summed E-state index contributed by atoms with van der Waals surface area (Å²) in [7, 11) is 0. The SMILES string of the molecule is Cl.O=C(NCc1nc(-c2cnccn2)n[nH]1)[C@H]1CC[C@H](c2ccccc2)N1. The van der Waals surface area contributed by atoms with Crippen LogP contribution in [0.15, 0.2) is 48.9 Å². The molecule has 140 valence electrons. The van der Waals surface area contributed by atoms with Crippen molar-refractivity contribution in [3.05, 3.63) is 60.3 Å². The highest BCUT2D eigenvalue weighted by Gasteiger charge is 2.29. The number of aromatic nitrogens is 5. The Morgan fingerprint density at radius 2 is 2.04 bits per heavy atom. The lowest BCUT2D eigenvalue weighted by Gasteiger charge is -2.14. The van der Waals surface area contributed by atoms with E-state index in [0.717, 1.165) is 12.8 Å². The highest BCUT2D eigenvalue weighted by atomic mass is 35.5. The minimum atomic E-state index is -0.192. The summed E-state index contributed by atoms with van der Waals surface area (Å²) in [6.45, 7) is 0.292. The van der Waals surface area contributed by atoms with Gasteiger partial charge < -0.3 is 5.32 Å². The fraction of sp³-hybridized carbons (Fsp3) is 0.278. The predicted molar refractivity (Wildman–Crippen MR) is 102 cm³/mol. The zero-order chi connectivity index (χ0) is 17.8. The van der Waals surface area contributed by atoms with E-state index in [-0.39, 0.29) is 30.4 Å². The van der Waals surface area contributed by atoms with E-state index >= 15 is 0 Å². The van der Waals surface area contributed by atoms with Gasteiger partial charge >= 0.3 is 0 Å². The van der Waals surface area contributed by atoms with Crippen molar-refractivity contribution in [3.63, 3.8) is 0 Å². The number of benzene rings is 1. The van der Waals surface area contributed by atoms with Crippen LogP contribution in [0, 0.1) is 0 Å². The van der Waals surface area contributed by atoms with Crippen LogP contribution in [0.2, 0.25) is 0 Å². The Morgan fingerprint density at radius 1 is 1.19 bits per heavy atom. The molecule has 2 atom stereocenters. The molecule has 8 nitrogen and oxygen atoms in total. The van der Waals surface area contributed by atoms with E-state index in [1.807, 2.05) is 18.2 Å². The number of hydrogen-bond acceptors (Lipinski definition) is 6. The summed E-state index contributed by atoms with van der Waals surface area (Å²) in [5.74, 6) is 1.02. The molecule has 3 N–H and O–H groups in total. The van der Waals surface area contributed by atoms with Crippen LogP contribution in [0.3, 0.4) is 0 Å². The maximum Gasteiger partial charge on any atom is 0.237 e. The number of carbonyl (C=O) groups is 1. The van der Waals surface area contributed by atoms with Crippen LogP contribution in [0.1, 0.15) is 30.3 Å². The third-order valence-corrected chi connectivity index (χ3v) is 4.42. The molecule has 3 heterocycles. The zero-order valence-electron chi connectivity index (χ0n) is 14.5. The lowest BCUT2D eigenvalue weighted by Crippen LogP contribution is -2.40. The minimum Gasteiger partial charge on any atom is -0.347 e. The highest BCUT2D eigenvalue weighted by molar-refractivity contribution is 5.85. The quantitative estimate of drug-likeness (QED) is 0.618. The van der Waals surface area contributed by atoms with E-state index in [4.69, 9.17) is 0 Å². The van der Waals surface area contributed by atoms with E-state index in [0.29, 0.717) is 23.9 Å². The number of carbonyl (C=O) groups excluding carboxylic acids is 1.